The minimum absolute atomic E-state index is 0.772. The van der Waals surface area contributed by atoms with Gasteiger partial charge in [0.2, 0.25) is 0 Å². The van der Waals surface area contributed by atoms with Crippen LogP contribution in [0.15, 0.2) is 24.3 Å². The molecule has 0 fully saturated rings. The predicted octanol–water partition coefficient (Wildman–Crippen LogP) is 2.63. The molecule has 0 aliphatic carbocycles. The minimum atomic E-state index is 0.772. The van der Waals surface area contributed by atoms with Crippen molar-refractivity contribution in [3.05, 3.63) is 52.6 Å². The fraction of sp³-hybridized carbons (Fsp3) is 0.412. The van der Waals surface area contributed by atoms with Gasteiger partial charge < -0.3 is 10.1 Å². The molecule has 3 rings (SSSR count). The van der Waals surface area contributed by atoms with Gasteiger partial charge in [-0.15, -0.1) is 0 Å². The van der Waals surface area contributed by atoms with Crippen LogP contribution in [0.3, 0.4) is 0 Å². The topological polar surface area (TPSA) is 47.0 Å². The zero-order chi connectivity index (χ0) is 14.7. The number of fused-ring (bicyclic) bond motifs is 1. The second kappa shape index (κ2) is 6.22. The van der Waals surface area contributed by atoms with Gasteiger partial charge in [-0.3, -0.25) is 0 Å². The first kappa shape index (κ1) is 14.0. The van der Waals surface area contributed by atoms with Gasteiger partial charge in [0.05, 0.1) is 12.8 Å². The lowest BCUT2D eigenvalue weighted by Crippen LogP contribution is -2.06. The summed E-state index contributed by atoms with van der Waals surface area (Å²) in [7, 11) is 1.68. The van der Waals surface area contributed by atoms with Crippen LogP contribution in [-0.2, 0) is 25.9 Å². The van der Waals surface area contributed by atoms with Crippen molar-refractivity contribution in [1.82, 2.24) is 15.3 Å². The van der Waals surface area contributed by atoms with Crippen LogP contribution in [0.5, 0.6) is 5.75 Å². The zero-order valence-electron chi connectivity index (χ0n) is 12.6. The van der Waals surface area contributed by atoms with Gasteiger partial charge in [0, 0.05) is 30.8 Å². The van der Waals surface area contributed by atoms with Crippen molar-refractivity contribution in [2.45, 2.75) is 39.3 Å². The maximum Gasteiger partial charge on any atom is 0.133 e. The van der Waals surface area contributed by atoms with E-state index in [2.05, 4.69) is 24.4 Å². The summed E-state index contributed by atoms with van der Waals surface area (Å²) in [5, 5.41) is 3.37. The number of aromatic nitrogens is 2. The molecule has 110 valence electrons. The summed E-state index contributed by atoms with van der Waals surface area (Å²) >= 11 is 0. The van der Waals surface area contributed by atoms with Crippen LogP contribution in [0.4, 0.5) is 0 Å². The molecular formula is C17H21N3O. The molecule has 2 aromatic rings. The fourth-order valence-corrected chi connectivity index (χ4v) is 2.74. The first-order valence-electron chi connectivity index (χ1n) is 7.51. The van der Waals surface area contributed by atoms with Gasteiger partial charge in [-0.05, 0) is 24.1 Å². The lowest BCUT2D eigenvalue weighted by molar-refractivity contribution is 0.414. The Morgan fingerprint density at radius 2 is 1.95 bits per heavy atom. The number of ether oxygens (including phenoxy) is 1. The van der Waals surface area contributed by atoms with E-state index in [4.69, 9.17) is 14.7 Å². The molecule has 0 bridgehead atoms. The van der Waals surface area contributed by atoms with Gasteiger partial charge in [-0.25, -0.2) is 9.97 Å². The molecule has 0 saturated heterocycles. The Hall–Kier alpha value is -1.94. The average Bonchev–Trinajstić information content (AvgIpc) is 2.97. The molecule has 1 aliphatic heterocycles. The lowest BCUT2D eigenvalue weighted by Gasteiger charge is -2.09. The van der Waals surface area contributed by atoms with Gasteiger partial charge in [0.15, 0.2) is 0 Å². The second-order valence-corrected chi connectivity index (χ2v) is 5.39. The Kier molecular flexibility index (Phi) is 4.15. The van der Waals surface area contributed by atoms with E-state index in [1.54, 1.807) is 7.11 Å². The predicted molar refractivity (Wildman–Crippen MR) is 82.4 cm³/mol. The lowest BCUT2D eigenvalue weighted by atomic mass is 10.1. The van der Waals surface area contributed by atoms with Gasteiger partial charge in [-0.1, -0.05) is 25.5 Å². The largest absolute Gasteiger partial charge is 0.497 e. The fourth-order valence-electron chi connectivity index (χ4n) is 2.74. The van der Waals surface area contributed by atoms with E-state index in [1.165, 1.54) is 22.5 Å². The minimum Gasteiger partial charge on any atom is -0.497 e. The molecule has 1 aromatic heterocycles. The molecular weight excluding hydrogens is 262 g/mol. The third kappa shape index (κ3) is 3.05. The molecule has 1 aliphatic rings. The van der Waals surface area contributed by atoms with E-state index < -0.39 is 0 Å². The third-order valence-electron chi connectivity index (χ3n) is 3.83. The Morgan fingerprint density at radius 1 is 1.14 bits per heavy atom. The van der Waals surface area contributed by atoms with Crippen molar-refractivity contribution >= 4 is 0 Å². The average molecular weight is 283 g/mol. The summed E-state index contributed by atoms with van der Waals surface area (Å²) in [6.07, 6.45) is 2.92. The highest BCUT2D eigenvalue weighted by Crippen LogP contribution is 2.20. The Balaban J connectivity index is 1.86. The molecule has 0 radical (unpaired) electrons. The number of nitrogens with one attached hydrogen (secondary N) is 1. The smallest absolute Gasteiger partial charge is 0.133 e. The number of methoxy groups -OCH3 is 1. The normalized spacial score (nSPS) is 13.2. The van der Waals surface area contributed by atoms with Crippen molar-refractivity contribution in [3.63, 3.8) is 0 Å². The standard InChI is InChI=1S/C17H21N3O/c1-3-4-15-14-10-18-11-16(14)20-17(19-15)9-12-5-7-13(21-2)8-6-12/h5-8,18H,3-4,9-11H2,1-2H3. The number of rotatable bonds is 5. The molecule has 0 saturated carbocycles. The van der Waals surface area contributed by atoms with Crippen LogP contribution in [0.2, 0.25) is 0 Å². The van der Waals surface area contributed by atoms with Gasteiger partial charge in [0.25, 0.3) is 0 Å². The molecule has 0 spiro atoms. The van der Waals surface area contributed by atoms with E-state index in [0.29, 0.717) is 0 Å². The zero-order valence-corrected chi connectivity index (χ0v) is 12.6. The van der Waals surface area contributed by atoms with E-state index in [9.17, 15) is 0 Å². The monoisotopic (exact) mass is 283 g/mol. The second-order valence-electron chi connectivity index (χ2n) is 5.39. The third-order valence-corrected chi connectivity index (χ3v) is 3.83. The molecule has 0 unspecified atom stereocenters. The van der Waals surface area contributed by atoms with E-state index in [-0.39, 0.29) is 0 Å². The highest BCUT2D eigenvalue weighted by atomic mass is 16.5. The van der Waals surface area contributed by atoms with Crippen LogP contribution in [0.1, 0.15) is 41.7 Å². The molecule has 21 heavy (non-hydrogen) atoms. The molecule has 1 aromatic carbocycles. The number of benzene rings is 1. The van der Waals surface area contributed by atoms with E-state index in [1.807, 2.05) is 12.1 Å². The highest BCUT2D eigenvalue weighted by Gasteiger charge is 2.18. The van der Waals surface area contributed by atoms with E-state index in [0.717, 1.165) is 43.9 Å². The van der Waals surface area contributed by atoms with Crippen molar-refractivity contribution in [2.75, 3.05) is 7.11 Å². The number of nitrogens with zero attached hydrogens (tertiary/aromatic N) is 2. The Morgan fingerprint density at radius 3 is 2.67 bits per heavy atom. The summed E-state index contributed by atoms with van der Waals surface area (Å²) in [4.78, 5) is 9.52. The van der Waals surface area contributed by atoms with Gasteiger partial charge >= 0.3 is 0 Å². The van der Waals surface area contributed by atoms with Crippen molar-refractivity contribution in [2.24, 2.45) is 0 Å². The molecule has 2 heterocycles. The van der Waals surface area contributed by atoms with Gasteiger partial charge in [-0.2, -0.15) is 0 Å². The van der Waals surface area contributed by atoms with Crippen LogP contribution < -0.4 is 10.1 Å². The molecule has 4 heteroatoms. The number of hydrogen-bond donors (Lipinski definition) is 1. The molecule has 4 nitrogen and oxygen atoms in total. The van der Waals surface area contributed by atoms with Crippen LogP contribution in [-0.4, -0.2) is 17.1 Å². The Labute approximate surface area is 125 Å². The highest BCUT2D eigenvalue weighted by molar-refractivity contribution is 5.32. The maximum absolute atomic E-state index is 5.19. The van der Waals surface area contributed by atoms with Crippen LogP contribution >= 0.6 is 0 Å². The number of aryl methyl sites for hydroxylation is 1. The van der Waals surface area contributed by atoms with Crippen molar-refractivity contribution < 1.29 is 4.74 Å². The quantitative estimate of drug-likeness (QED) is 0.916. The molecule has 0 atom stereocenters. The van der Waals surface area contributed by atoms with Crippen LogP contribution in [0.25, 0.3) is 0 Å². The first-order valence-corrected chi connectivity index (χ1v) is 7.51. The van der Waals surface area contributed by atoms with Crippen molar-refractivity contribution in [1.29, 1.82) is 0 Å². The van der Waals surface area contributed by atoms with Crippen LogP contribution in [0, 0.1) is 0 Å². The summed E-state index contributed by atoms with van der Waals surface area (Å²) in [5.41, 5.74) is 4.92. The number of hydrogen-bond acceptors (Lipinski definition) is 4. The maximum atomic E-state index is 5.19. The first-order chi connectivity index (χ1) is 10.3. The molecule has 1 N–H and O–H groups in total. The molecule has 0 amide bonds. The van der Waals surface area contributed by atoms with Crippen molar-refractivity contribution in [3.8, 4) is 5.75 Å². The Bertz CT molecular complexity index is 623. The SMILES string of the molecule is CCCc1nc(Cc2ccc(OC)cc2)nc2c1CNC2. The summed E-state index contributed by atoms with van der Waals surface area (Å²) in [5.74, 6) is 1.80. The summed E-state index contributed by atoms with van der Waals surface area (Å²) in [6.45, 7) is 3.97. The van der Waals surface area contributed by atoms with E-state index >= 15 is 0 Å². The van der Waals surface area contributed by atoms with Gasteiger partial charge in [0.1, 0.15) is 11.6 Å². The summed E-state index contributed by atoms with van der Waals surface area (Å²) in [6, 6.07) is 8.12. The summed E-state index contributed by atoms with van der Waals surface area (Å²) < 4.78 is 5.19.